The van der Waals surface area contributed by atoms with Crippen molar-refractivity contribution < 1.29 is 4.39 Å². The predicted molar refractivity (Wildman–Crippen MR) is 65.0 cm³/mol. The van der Waals surface area contributed by atoms with Crippen LogP contribution < -0.4 is 10.6 Å². The molecule has 82 valence electrons. The molecule has 2 nitrogen and oxygen atoms in total. The van der Waals surface area contributed by atoms with Gasteiger partial charge < -0.3 is 10.6 Å². The van der Waals surface area contributed by atoms with Crippen molar-refractivity contribution in [3.05, 3.63) is 24.0 Å². The van der Waals surface area contributed by atoms with Crippen LogP contribution in [0.4, 0.5) is 15.8 Å². The number of halogens is 1. The zero-order valence-electron chi connectivity index (χ0n) is 8.58. The van der Waals surface area contributed by atoms with Crippen molar-refractivity contribution in [3.8, 4) is 0 Å². The molecule has 1 fully saturated rings. The van der Waals surface area contributed by atoms with Gasteiger partial charge in [0, 0.05) is 18.8 Å². The molecule has 1 aromatic rings. The van der Waals surface area contributed by atoms with Crippen molar-refractivity contribution in [1.29, 1.82) is 0 Å². The second-order valence-electron chi connectivity index (χ2n) is 3.66. The summed E-state index contributed by atoms with van der Waals surface area (Å²) in [5.74, 6) is 2.07. The van der Waals surface area contributed by atoms with Gasteiger partial charge in [0.05, 0.1) is 11.4 Å². The van der Waals surface area contributed by atoms with E-state index in [0.29, 0.717) is 5.69 Å². The summed E-state index contributed by atoms with van der Waals surface area (Å²) in [5, 5.41) is 0. The van der Waals surface area contributed by atoms with Gasteiger partial charge in [0.1, 0.15) is 5.82 Å². The van der Waals surface area contributed by atoms with E-state index in [1.807, 2.05) is 11.8 Å². The zero-order valence-corrected chi connectivity index (χ0v) is 9.39. The van der Waals surface area contributed by atoms with E-state index in [2.05, 4.69) is 4.90 Å². The largest absolute Gasteiger partial charge is 0.397 e. The van der Waals surface area contributed by atoms with Crippen LogP contribution in [0.3, 0.4) is 0 Å². The summed E-state index contributed by atoms with van der Waals surface area (Å²) in [5.41, 5.74) is 7.37. The van der Waals surface area contributed by atoms with Crippen LogP contribution in [-0.4, -0.2) is 24.6 Å². The maximum absolute atomic E-state index is 13.1. The van der Waals surface area contributed by atoms with Crippen LogP contribution in [0.1, 0.15) is 6.42 Å². The Kier molecular flexibility index (Phi) is 3.36. The molecule has 15 heavy (non-hydrogen) atoms. The van der Waals surface area contributed by atoms with Gasteiger partial charge in [-0.1, -0.05) is 0 Å². The first kappa shape index (κ1) is 10.6. The highest BCUT2D eigenvalue weighted by Crippen LogP contribution is 2.26. The van der Waals surface area contributed by atoms with E-state index < -0.39 is 0 Å². The lowest BCUT2D eigenvalue weighted by molar-refractivity contribution is 0.627. The molecule has 2 rings (SSSR count). The minimum atomic E-state index is -0.212. The average molecular weight is 226 g/mol. The molecule has 0 aromatic heterocycles. The van der Waals surface area contributed by atoms with E-state index in [1.165, 1.54) is 17.9 Å². The molecule has 1 aromatic carbocycles. The van der Waals surface area contributed by atoms with Crippen molar-refractivity contribution in [2.75, 3.05) is 35.2 Å². The van der Waals surface area contributed by atoms with Gasteiger partial charge in [-0.05, 0) is 30.4 Å². The Bertz CT molecular complexity index is 335. The molecule has 0 radical (unpaired) electrons. The van der Waals surface area contributed by atoms with Crippen LogP contribution >= 0.6 is 11.8 Å². The molecule has 1 heterocycles. The number of nitrogen functional groups attached to an aromatic ring is 1. The molecule has 1 aliphatic rings. The third-order valence-corrected chi connectivity index (χ3v) is 3.60. The third-order valence-electron chi connectivity index (χ3n) is 2.56. The highest BCUT2D eigenvalue weighted by Gasteiger charge is 2.12. The molecular weight excluding hydrogens is 211 g/mol. The van der Waals surface area contributed by atoms with Crippen LogP contribution in [0.15, 0.2) is 18.2 Å². The fourth-order valence-corrected chi connectivity index (χ4v) is 2.66. The lowest BCUT2D eigenvalue weighted by Gasteiger charge is -2.23. The van der Waals surface area contributed by atoms with Crippen molar-refractivity contribution in [2.24, 2.45) is 0 Å². The number of rotatable bonds is 1. The zero-order chi connectivity index (χ0) is 10.7. The van der Waals surface area contributed by atoms with Crippen LogP contribution in [0.25, 0.3) is 0 Å². The second-order valence-corrected chi connectivity index (χ2v) is 4.88. The summed E-state index contributed by atoms with van der Waals surface area (Å²) < 4.78 is 13.1. The molecule has 2 N–H and O–H groups in total. The molecule has 0 amide bonds. The van der Waals surface area contributed by atoms with Gasteiger partial charge in [-0.15, -0.1) is 0 Å². The smallest absolute Gasteiger partial charge is 0.125 e. The van der Waals surface area contributed by atoms with Gasteiger partial charge in [0.2, 0.25) is 0 Å². The predicted octanol–water partition coefficient (Wildman–Crippen LogP) is 2.35. The molecule has 1 aliphatic heterocycles. The summed E-state index contributed by atoms with van der Waals surface area (Å²) in [6.45, 7) is 1.93. The number of hydrogen-bond acceptors (Lipinski definition) is 3. The van der Waals surface area contributed by atoms with Crippen molar-refractivity contribution in [2.45, 2.75) is 6.42 Å². The maximum atomic E-state index is 13.1. The quantitative estimate of drug-likeness (QED) is 0.745. The molecule has 4 heteroatoms. The van der Waals surface area contributed by atoms with Crippen molar-refractivity contribution >= 4 is 23.1 Å². The van der Waals surface area contributed by atoms with Gasteiger partial charge in [-0.3, -0.25) is 0 Å². The van der Waals surface area contributed by atoms with Gasteiger partial charge >= 0.3 is 0 Å². The molecule has 0 unspecified atom stereocenters. The third kappa shape index (κ3) is 2.56. The topological polar surface area (TPSA) is 29.3 Å². The van der Waals surface area contributed by atoms with E-state index in [4.69, 9.17) is 5.73 Å². The number of nitrogens with two attached hydrogens (primary N) is 1. The maximum Gasteiger partial charge on any atom is 0.125 e. The summed E-state index contributed by atoms with van der Waals surface area (Å²) in [4.78, 5) is 2.18. The fraction of sp³-hybridized carbons (Fsp3) is 0.455. The molecule has 0 atom stereocenters. The van der Waals surface area contributed by atoms with Gasteiger partial charge in [0.15, 0.2) is 0 Å². The van der Waals surface area contributed by atoms with Gasteiger partial charge in [-0.2, -0.15) is 11.8 Å². The Morgan fingerprint density at radius 3 is 3.00 bits per heavy atom. The van der Waals surface area contributed by atoms with Crippen LogP contribution in [-0.2, 0) is 0 Å². The van der Waals surface area contributed by atoms with Crippen LogP contribution in [0.2, 0.25) is 0 Å². The van der Waals surface area contributed by atoms with Crippen LogP contribution in [0, 0.1) is 5.82 Å². The first-order valence-electron chi connectivity index (χ1n) is 5.15. The standard InChI is InChI=1S/C11H15FN2S/c12-9-2-3-10(13)11(8-9)14-4-1-6-15-7-5-14/h2-3,8H,1,4-7,13H2. The summed E-state index contributed by atoms with van der Waals surface area (Å²) >= 11 is 1.95. The normalized spacial score (nSPS) is 17.5. The minimum Gasteiger partial charge on any atom is -0.397 e. The highest BCUT2D eigenvalue weighted by molar-refractivity contribution is 7.99. The second kappa shape index (κ2) is 4.75. The SMILES string of the molecule is Nc1ccc(F)cc1N1CCCSCC1. The van der Waals surface area contributed by atoms with Crippen LogP contribution in [0.5, 0.6) is 0 Å². The monoisotopic (exact) mass is 226 g/mol. The van der Waals surface area contributed by atoms with Gasteiger partial charge in [-0.25, -0.2) is 4.39 Å². The average Bonchev–Trinajstić information content (AvgIpc) is 2.50. The summed E-state index contributed by atoms with van der Waals surface area (Å²) in [6, 6.07) is 4.58. The van der Waals surface area contributed by atoms with E-state index in [-0.39, 0.29) is 5.82 Å². The summed E-state index contributed by atoms with van der Waals surface area (Å²) in [7, 11) is 0. The molecule has 1 saturated heterocycles. The Morgan fingerprint density at radius 2 is 2.13 bits per heavy atom. The lowest BCUT2D eigenvalue weighted by atomic mass is 10.2. The van der Waals surface area contributed by atoms with Gasteiger partial charge in [0.25, 0.3) is 0 Å². The number of nitrogens with zero attached hydrogens (tertiary/aromatic N) is 1. The Hall–Kier alpha value is -0.900. The summed E-state index contributed by atoms with van der Waals surface area (Å²) in [6.07, 6.45) is 1.14. The van der Waals surface area contributed by atoms with Crippen molar-refractivity contribution in [3.63, 3.8) is 0 Å². The number of hydrogen-bond donors (Lipinski definition) is 1. The minimum absolute atomic E-state index is 0.212. The molecule has 0 aliphatic carbocycles. The lowest BCUT2D eigenvalue weighted by Crippen LogP contribution is -2.26. The number of thioether (sulfide) groups is 1. The number of benzene rings is 1. The van der Waals surface area contributed by atoms with E-state index in [9.17, 15) is 4.39 Å². The highest BCUT2D eigenvalue weighted by atomic mass is 32.2. The molecule has 0 saturated carbocycles. The van der Waals surface area contributed by atoms with Crippen molar-refractivity contribution in [1.82, 2.24) is 0 Å². The molecule has 0 bridgehead atoms. The van der Waals surface area contributed by atoms with E-state index >= 15 is 0 Å². The van der Waals surface area contributed by atoms with E-state index in [0.717, 1.165) is 31.0 Å². The Morgan fingerprint density at radius 1 is 1.27 bits per heavy atom. The fourth-order valence-electron chi connectivity index (χ4n) is 1.78. The molecule has 0 spiro atoms. The molecular formula is C11H15FN2S. The first-order chi connectivity index (χ1) is 7.27. The van der Waals surface area contributed by atoms with E-state index in [1.54, 1.807) is 6.07 Å². The first-order valence-corrected chi connectivity index (χ1v) is 6.30. The Labute approximate surface area is 93.6 Å². The number of anilines is 2. The Balaban J connectivity index is 2.22.